The van der Waals surface area contributed by atoms with E-state index in [9.17, 15) is 30.1 Å². The molecule has 0 atom stereocenters. The number of benzene rings is 2. The first kappa shape index (κ1) is 17.0. The summed E-state index contributed by atoms with van der Waals surface area (Å²) in [7, 11) is 1.03. The van der Waals surface area contributed by atoms with Crippen molar-refractivity contribution in [2.24, 2.45) is 0 Å². The topological polar surface area (TPSA) is 133 Å². The number of nitro benzene ring substituents is 2. The molecule has 0 aliphatic heterocycles. The monoisotopic (exact) mass is 332 g/mol. The fourth-order valence-electron chi connectivity index (χ4n) is 2.24. The maximum Gasteiger partial charge on any atom is 0.347 e. The van der Waals surface area contributed by atoms with Gasteiger partial charge in [-0.3, -0.25) is 20.2 Å². The Bertz CT molecular complexity index is 761. The maximum atomic E-state index is 12.2. The van der Waals surface area contributed by atoms with Gasteiger partial charge >= 0.3 is 5.97 Å². The van der Waals surface area contributed by atoms with Gasteiger partial charge in [-0.15, -0.1) is 0 Å². The number of hydrogen-bond donors (Lipinski definition) is 1. The lowest BCUT2D eigenvalue weighted by Crippen LogP contribution is -2.38. The standard InChI is InChI=1S/C15H12N2O7/c1-24-14(18)15(19,10-4-2-6-12(8-10)16(20)21)11-5-3-7-13(9-11)17(22)23/h2-9,19H,1H3. The molecule has 0 heterocycles. The molecule has 9 nitrogen and oxygen atoms in total. The van der Waals surface area contributed by atoms with Gasteiger partial charge < -0.3 is 9.84 Å². The number of hydrogen-bond acceptors (Lipinski definition) is 7. The predicted molar refractivity (Wildman–Crippen MR) is 81.2 cm³/mol. The first-order chi connectivity index (χ1) is 11.3. The van der Waals surface area contributed by atoms with Crippen molar-refractivity contribution in [3.63, 3.8) is 0 Å². The van der Waals surface area contributed by atoms with E-state index in [1.54, 1.807) is 0 Å². The van der Waals surface area contributed by atoms with Gasteiger partial charge in [0.05, 0.1) is 17.0 Å². The fraction of sp³-hybridized carbons (Fsp3) is 0.133. The Kier molecular flexibility index (Phi) is 4.56. The Morgan fingerprint density at radius 2 is 1.42 bits per heavy atom. The third kappa shape index (κ3) is 2.92. The predicted octanol–water partition coefficient (Wildman–Crippen LogP) is 1.91. The number of rotatable bonds is 5. The second-order valence-corrected chi connectivity index (χ2v) is 4.82. The van der Waals surface area contributed by atoms with Crippen molar-refractivity contribution in [1.82, 2.24) is 0 Å². The van der Waals surface area contributed by atoms with Gasteiger partial charge in [0, 0.05) is 35.4 Å². The summed E-state index contributed by atoms with van der Waals surface area (Å²) >= 11 is 0. The van der Waals surface area contributed by atoms with E-state index in [-0.39, 0.29) is 22.5 Å². The van der Waals surface area contributed by atoms with Gasteiger partial charge in [0.15, 0.2) is 0 Å². The lowest BCUT2D eigenvalue weighted by molar-refractivity contribution is -0.385. The van der Waals surface area contributed by atoms with Crippen LogP contribution in [0.15, 0.2) is 48.5 Å². The van der Waals surface area contributed by atoms with E-state index in [0.717, 1.165) is 19.2 Å². The average Bonchev–Trinajstić information content (AvgIpc) is 2.60. The molecule has 0 bridgehead atoms. The molecule has 0 saturated heterocycles. The minimum absolute atomic E-state index is 0.135. The van der Waals surface area contributed by atoms with Gasteiger partial charge in [0.1, 0.15) is 0 Å². The summed E-state index contributed by atoms with van der Waals surface area (Å²) in [6.45, 7) is 0. The van der Waals surface area contributed by atoms with Crippen LogP contribution in [-0.4, -0.2) is 28.0 Å². The van der Waals surface area contributed by atoms with E-state index in [2.05, 4.69) is 4.74 Å². The molecule has 9 heteroatoms. The van der Waals surface area contributed by atoms with Crippen LogP contribution in [0.2, 0.25) is 0 Å². The summed E-state index contributed by atoms with van der Waals surface area (Å²) in [6.07, 6.45) is 0. The highest BCUT2D eigenvalue weighted by atomic mass is 16.6. The minimum Gasteiger partial charge on any atom is -0.466 e. The molecule has 0 spiro atoms. The van der Waals surface area contributed by atoms with E-state index in [0.29, 0.717) is 0 Å². The maximum absolute atomic E-state index is 12.2. The quantitative estimate of drug-likeness (QED) is 0.502. The summed E-state index contributed by atoms with van der Waals surface area (Å²) in [6, 6.07) is 9.57. The summed E-state index contributed by atoms with van der Waals surface area (Å²) in [5, 5.41) is 32.8. The minimum atomic E-state index is -2.42. The fourth-order valence-corrected chi connectivity index (χ4v) is 2.24. The van der Waals surface area contributed by atoms with E-state index in [1.807, 2.05) is 0 Å². The molecule has 0 aliphatic carbocycles. The summed E-state index contributed by atoms with van der Waals surface area (Å²) in [5.41, 5.74) is -3.39. The van der Waals surface area contributed by atoms with Crippen molar-refractivity contribution in [1.29, 1.82) is 0 Å². The molecule has 2 rings (SSSR count). The molecule has 0 amide bonds. The molecule has 124 valence electrons. The molecule has 2 aromatic carbocycles. The Hall–Kier alpha value is -3.33. The zero-order valence-corrected chi connectivity index (χ0v) is 12.4. The zero-order valence-electron chi connectivity index (χ0n) is 12.4. The third-order valence-electron chi connectivity index (χ3n) is 3.43. The van der Waals surface area contributed by atoms with Crippen molar-refractivity contribution in [3.05, 3.63) is 79.9 Å². The first-order valence-corrected chi connectivity index (χ1v) is 6.61. The molecular formula is C15H12N2O7. The first-order valence-electron chi connectivity index (χ1n) is 6.61. The van der Waals surface area contributed by atoms with Gasteiger partial charge in [-0.05, 0) is 0 Å². The second kappa shape index (κ2) is 6.42. The Balaban J connectivity index is 2.69. The SMILES string of the molecule is COC(=O)C(O)(c1cccc([N+](=O)[O-])c1)c1cccc([N+](=O)[O-])c1. The average molecular weight is 332 g/mol. The van der Waals surface area contributed by atoms with Crippen molar-refractivity contribution in [2.45, 2.75) is 5.60 Å². The molecule has 0 aliphatic rings. The number of carbonyl (C=O) groups excluding carboxylic acids is 1. The highest BCUT2D eigenvalue weighted by Gasteiger charge is 2.42. The summed E-state index contributed by atoms with van der Waals surface area (Å²) in [5.74, 6) is -1.12. The highest BCUT2D eigenvalue weighted by molar-refractivity contribution is 5.85. The smallest absolute Gasteiger partial charge is 0.347 e. The van der Waals surface area contributed by atoms with Gasteiger partial charge in [0.2, 0.25) is 5.60 Å². The number of nitro groups is 2. The molecule has 2 aromatic rings. The lowest BCUT2D eigenvalue weighted by atomic mass is 9.86. The number of nitrogens with zero attached hydrogens (tertiary/aromatic N) is 2. The van der Waals surface area contributed by atoms with Crippen molar-refractivity contribution >= 4 is 17.3 Å². The molecule has 0 unspecified atom stereocenters. The lowest BCUT2D eigenvalue weighted by Gasteiger charge is -2.25. The molecule has 0 fully saturated rings. The van der Waals surface area contributed by atoms with E-state index in [1.165, 1.54) is 36.4 Å². The number of carbonyl (C=O) groups is 1. The largest absolute Gasteiger partial charge is 0.466 e. The summed E-state index contributed by atoms with van der Waals surface area (Å²) < 4.78 is 4.60. The summed E-state index contributed by atoms with van der Waals surface area (Å²) in [4.78, 5) is 32.6. The normalized spacial score (nSPS) is 10.9. The van der Waals surface area contributed by atoms with Gasteiger partial charge in [-0.25, -0.2) is 4.79 Å². The van der Waals surface area contributed by atoms with Crippen LogP contribution in [0, 0.1) is 20.2 Å². The molecule has 24 heavy (non-hydrogen) atoms. The van der Waals surface area contributed by atoms with E-state index in [4.69, 9.17) is 0 Å². The number of non-ortho nitro benzene ring substituents is 2. The number of ether oxygens (including phenoxy) is 1. The van der Waals surface area contributed by atoms with Gasteiger partial charge in [-0.1, -0.05) is 24.3 Å². The molecule has 0 saturated carbocycles. The van der Waals surface area contributed by atoms with Crippen LogP contribution in [0.4, 0.5) is 11.4 Å². The van der Waals surface area contributed by atoms with Crippen LogP contribution in [0.1, 0.15) is 11.1 Å². The van der Waals surface area contributed by atoms with Crippen molar-refractivity contribution in [2.75, 3.05) is 7.11 Å². The number of esters is 1. The number of methoxy groups -OCH3 is 1. The van der Waals surface area contributed by atoms with Crippen LogP contribution >= 0.6 is 0 Å². The second-order valence-electron chi connectivity index (χ2n) is 4.82. The molecule has 1 N–H and O–H groups in total. The van der Waals surface area contributed by atoms with Crippen molar-refractivity contribution < 1.29 is 24.5 Å². The zero-order chi connectivity index (χ0) is 17.9. The number of aliphatic hydroxyl groups is 1. The highest BCUT2D eigenvalue weighted by Crippen LogP contribution is 2.34. The van der Waals surface area contributed by atoms with Crippen LogP contribution < -0.4 is 0 Å². The molecule has 0 radical (unpaired) electrons. The van der Waals surface area contributed by atoms with Gasteiger partial charge in [0.25, 0.3) is 11.4 Å². The van der Waals surface area contributed by atoms with Crippen LogP contribution in [-0.2, 0) is 15.1 Å². The Morgan fingerprint density at radius 1 is 1.00 bits per heavy atom. The Morgan fingerprint density at radius 3 is 1.75 bits per heavy atom. The van der Waals surface area contributed by atoms with Crippen molar-refractivity contribution in [3.8, 4) is 0 Å². The van der Waals surface area contributed by atoms with E-state index >= 15 is 0 Å². The van der Waals surface area contributed by atoms with Crippen LogP contribution in [0.5, 0.6) is 0 Å². The van der Waals surface area contributed by atoms with Gasteiger partial charge in [-0.2, -0.15) is 0 Å². The van der Waals surface area contributed by atoms with Crippen LogP contribution in [0.25, 0.3) is 0 Å². The molecule has 0 aromatic heterocycles. The third-order valence-corrected chi connectivity index (χ3v) is 3.43. The van der Waals surface area contributed by atoms with E-state index < -0.39 is 21.4 Å². The molecular weight excluding hydrogens is 320 g/mol. The van der Waals surface area contributed by atoms with Crippen LogP contribution in [0.3, 0.4) is 0 Å². The Labute approximate surface area is 135 Å².